The summed E-state index contributed by atoms with van der Waals surface area (Å²) in [7, 11) is -5.72. The molecule has 0 amide bonds. The number of halogens is 2. The number of carboxylic acid groups (broad SMARTS) is 1. The molecule has 7 nitrogen and oxygen atoms in total. The van der Waals surface area contributed by atoms with Gasteiger partial charge in [-0.15, -0.1) is 0 Å². The lowest BCUT2D eigenvalue weighted by Gasteiger charge is -2.39. The quantitative estimate of drug-likeness (QED) is 0.314. The summed E-state index contributed by atoms with van der Waals surface area (Å²) in [5.74, 6) is -3.93. The lowest BCUT2D eigenvalue weighted by Crippen LogP contribution is -2.45. The summed E-state index contributed by atoms with van der Waals surface area (Å²) in [6.07, 6.45) is 5.65. The molecular formula is C16H18F2O7S. The zero-order valence-electron chi connectivity index (χ0n) is 13.5. The van der Waals surface area contributed by atoms with Crippen LogP contribution in [0, 0.1) is 47.3 Å². The van der Waals surface area contributed by atoms with Crippen molar-refractivity contribution in [3.05, 3.63) is 12.2 Å². The number of hydrogen-bond donors (Lipinski definition) is 2. The average Bonchev–Trinajstić information content (AvgIpc) is 3.27. The molecule has 0 aromatic heterocycles. The van der Waals surface area contributed by atoms with Crippen LogP contribution in [-0.2, 0) is 24.4 Å². The zero-order valence-corrected chi connectivity index (χ0v) is 14.3. The van der Waals surface area contributed by atoms with Gasteiger partial charge in [0.25, 0.3) is 0 Å². The summed E-state index contributed by atoms with van der Waals surface area (Å²) in [6, 6.07) is 0. The Hall–Kier alpha value is -1.55. The van der Waals surface area contributed by atoms with Crippen molar-refractivity contribution >= 4 is 22.1 Å². The third kappa shape index (κ3) is 2.34. The van der Waals surface area contributed by atoms with Gasteiger partial charge in [0.15, 0.2) is 6.61 Å². The normalized spacial score (nSPS) is 42.9. The maximum Gasteiger partial charge on any atom is 0.402 e. The van der Waals surface area contributed by atoms with Gasteiger partial charge in [-0.1, -0.05) is 12.2 Å². The molecule has 8 unspecified atom stereocenters. The minimum absolute atomic E-state index is 0.144. The molecule has 4 bridgehead atoms. The van der Waals surface area contributed by atoms with Crippen LogP contribution in [0.15, 0.2) is 12.2 Å². The van der Waals surface area contributed by atoms with Gasteiger partial charge in [-0.05, 0) is 48.3 Å². The highest BCUT2D eigenvalue weighted by molar-refractivity contribution is 7.86. The molecule has 0 saturated heterocycles. The fraction of sp³-hybridized carbons (Fsp3) is 0.750. The second-order valence-electron chi connectivity index (χ2n) is 7.78. The molecule has 2 N–H and O–H groups in total. The van der Waals surface area contributed by atoms with Crippen molar-refractivity contribution in [2.75, 3.05) is 6.61 Å². The van der Waals surface area contributed by atoms with Gasteiger partial charge >= 0.3 is 27.3 Å². The van der Waals surface area contributed by atoms with Gasteiger partial charge < -0.3 is 9.84 Å². The number of carboxylic acids is 1. The Labute approximate surface area is 148 Å². The fourth-order valence-electron chi connectivity index (χ4n) is 6.02. The first-order chi connectivity index (χ1) is 12.0. The topological polar surface area (TPSA) is 118 Å². The van der Waals surface area contributed by atoms with E-state index in [0.717, 1.165) is 6.42 Å². The van der Waals surface area contributed by atoms with Crippen LogP contribution in [0.4, 0.5) is 8.78 Å². The van der Waals surface area contributed by atoms with E-state index in [0.29, 0.717) is 12.3 Å². The Morgan fingerprint density at radius 3 is 2.12 bits per heavy atom. The Morgan fingerprint density at radius 1 is 1.08 bits per heavy atom. The SMILES string of the molecule is O=C(O)C1C2CC(C1C(=O)OCC(F)(F)S(=O)(=O)O)C1C3C=CC(C3)C21. The fourth-order valence-corrected chi connectivity index (χ4v) is 6.23. The molecule has 0 radical (unpaired) electrons. The predicted octanol–water partition coefficient (Wildman–Crippen LogP) is 1.42. The Kier molecular flexibility index (Phi) is 3.76. The number of allylic oxidation sites excluding steroid dienone is 2. The van der Waals surface area contributed by atoms with Crippen molar-refractivity contribution in [1.29, 1.82) is 0 Å². The summed E-state index contributed by atoms with van der Waals surface area (Å²) in [5.41, 5.74) is 0. The number of esters is 1. The molecule has 0 spiro atoms. The van der Waals surface area contributed by atoms with Crippen LogP contribution in [0.5, 0.6) is 0 Å². The van der Waals surface area contributed by atoms with Crippen LogP contribution in [0.1, 0.15) is 12.8 Å². The molecule has 3 saturated carbocycles. The molecular weight excluding hydrogens is 374 g/mol. The largest absolute Gasteiger partial charge is 0.481 e. The van der Waals surface area contributed by atoms with Crippen molar-refractivity contribution < 1.29 is 41.2 Å². The standard InChI is InChI=1S/C16H18F2O7S/c17-16(18,26(22,23)24)5-25-15(21)13-9-4-8(12(13)14(19)20)10-6-1-2-7(3-6)11(9)10/h1-2,6-13H,3-5H2,(H,19,20)(H,22,23,24). The highest BCUT2D eigenvalue weighted by Gasteiger charge is 2.68. The van der Waals surface area contributed by atoms with Gasteiger partial charge in [-0.2, -0.15) is 17.2 Å². The van der Waals surface area contributed by atoms with E-state index in [4.69, 9.17) is 4.55 Å². The molecule has 4 aliphatic rings. The number of alkyl halides is 2. The van der Waals surface area contributed by atoms with Crippen LogP contribution >= 0.6 is 0 Å². The summed E-state index contributed by atoms with van der Waals surface area (Å²) in [5, 5.41) is 4.96. The molecule has 26 heavy (non-hydrogen) atoms. The maximum atomic E-state index is 13.3. The van der Waals surface area contributed by atoms with Crippen LogP contribution in [0.2, 0.25) is 0 Å². The number of hydrogen-bond acceptors (Lipinski definition) is 5. The van der Waals surface area contributed by atoms with Crippen molar-refractivity contribution in [2.24, 2.45) is 47.3 Å². The van der Waals surface area contributed by atoms with Gasteiger partial charge in [0.1, 0.15) is 0 Å². The number of aliphatic carboxylic acids is 1. The Morgan fingerprint density at radius 2 is 1.62 bits per heavy atom. The van der Waals surface area contributed by atoms with Gasteiger partial charge in [0.2, 0.25) is 0 Å². The number of ether oxygens (including phenoxy) is 1. The zero-order chi connectivity index (χ0) is 19.0. The van der Waals surface area contributed by atoms with E-state index in [9.17, 15) is 31.9 Å². The van der Waals surface area contributed by atoms with Gasteiger partial charge in [0, 0.05) is 0 Å². The third-order valence-electron chi connectivity index (χ3n) is 6.74. The first kappa shape index (κ1) is 17.8. The van der Waals surface area contributed by atoms with Crippen LogP contribution in [0.25, 0.3) is 0 Å². The smallest absolute Gasteiger partial charge is 0.402 e. The van der Waals surface area contributed by atoms with E-state index in [1.807, 2.05) is 0 Å². The number of carbonyl (C=O) groups is 2. The Bertz CT molecular complexity index is 792. The number of fused-ring (bicyclic) bond motifs is 9. The van der Waals surface area contributed by atoms with E-state index in [-0.39, 0.29) is 29.6 Å². The van der Waals surface area contributed by atoms with Crippen molar-refractivity contribution in [3.63, 3.8) is 0 Å². The highest BCUT2D eigenvalue weighted by atomic mass is 32.2. The average molecular weight is 392 g/mol. The molecule has 4 rings (SSSR count). The van der Waals surface area contributed by atoms with E-state index < -0.39 is 45.8 Å². The second-order valence-corrected chi connectivity index (χ2v) is 9.32. The van der Waals surface area contributed by atoms with Gasteiger partial charge in [0.05, 0.1) is 11.8 Å². The molecule has 0 aromatic carbocycles. The van der Waals surface area contributed by atoms with Crippen molar-refractivity contribution in [3.8, 4) is 0 Å². The summed E-state index contributed by atoms with van der Waals surface area (Å²) in [6.45, 7) is -1.83. The first-order valence-electron chi connectivity index (χ1n) is 8.45. The van der Waals surface area contributed by atoms with E-state index in [1.165, 1.54) is 0 Å². The lowest BCUT2D eigenvalue weighted by atomic mass is 9.65. The third-order valence-corrected chi connectivity index (χ3v) is 7.62. The molecule has 10 heteroatoms. The van der Waals surface area contributed by atoms with Crippen molar-refractivity contribution in [1.82, 2.24) is 0 Å². The second kappa shape index (κ2) is 5.48. The molecule has 0 aliphatic heterocycles. The van der Waals surface area contributed by atoms with E-state index >= 15 is 0 Å². The van der Waals surface area contributed by atoms with E-state index in [1.54, 1.807) is 0 Å². The minimum atomic E-state index is -5.72. The number of rotatable bonds is 5. The molecule has 3 fully saturated rings. The molecule has 0 aromatic rings. The summed E-state index contributed by atoms with van der Waals surface area (Å²) in [4.78, 5) is 24.2. The van der Waals surface area contributed by atoms with Gasteiger partial charge in [-0.3, -0.25) is 14.1 Å². The summed E-state index contributed by atoms with van der Waals surface area (Å²) >= 11 is 0. The number of carbonyl (C=O) groups excluding carboxylic acids is 1. The minimum Gasteiger partial charge on any atom is -0.481 e. The molecule has 8 atom stereocenters. The van der Waals surface area contributed by atoms with Crippen LogP contribution in [-0.4, -0.2) is 41.9 Å². The van der Waals surface area contributed by atoms with Crippen LogP contribution in [0.3, 0.4) is 0 Å². The summed E-state index contributed by atoms with van der Waals surface area (Å²) < 4.78 is 60.9. The van der Waals surface area contributed by atoms with E-state index in [2.05, 4.69) is 16.9 Å². The highest BCUT2D eigenvalue weighted by Crippen LogP contribution is 2.68. The molecule has 0 heterocycles. The van der Waals surface area contributed by atoms with Crippen molar-refractivity contribution in [2.45, 2.75) is 18.1 Å². The molecule has 4 aliphatic carbocycles. The lowest BCUT2D eigenvalue weighted by molar-refractivity contribution is -0.167. The first-order valence-corrected chi connectivity index (χ1v) is 9.89. The monoisotopic (exact) mass is 392 g/mol. The Balaban J connectivity index is 1.55. The predicted molar refractivity (Wildman–Crippen MR) is 81.4 cm³/mol. The van der Waals surface area contributed by atoms with Crippen LogP contribution < -0.4 is 0 Å². The maximum absolute atomic E-state index is 13.3. The van der Waals surface area contributed by atoms with Gasteiger partial charge in [-0.25, -0.2) is 0 Å². The molecule has 144 valence electrons.